The van der Waals surface area contributed by atoms with Crippen molar-refractivity contribution in [1.29, 1.82) is 0 Å². The van der Waals surface area contributed by atoms with E-state index in [4.69, 9.17) is 19.9 Å². The van der Waals surface area contributed by atoms with E-state index in [0.29, 0.717) is 36.6 Å². The van der Waals surface area contributed by atoms with Gasteiger partial charge in [-0.25, -0.2) is 0 Å². The lowest BCUT2D eigenvalue weighted by molar-refractivity contribution is -0.482. The molecule has 5 N–H and O–H groups in total. The Kier molecular flexibility index (Phi) is 6.00. The number of nitrogens with one attached hydrogen (secondary N) is 1. The number of amides is 1. The smallest absolute Gasteiger partial charge is 0.307 e. The molecule has 36 heavy (non-hydrogen) atoms. The number of carbonyl (C=O) groups is 1. The van der Waals surface area contributed by atoms with Crippen molar-refractivity contribution in [3.63, 3.8) is 0 Å². The summed E-state index contributed by atoms with van der Waals surface area (Å²) in [6.45, 7) is 4.64. The zero-order valence-corrected chi connectivity index (χ0v) is 20.2. The number of ether oxygens (including phenoxy) is 3. The lowest BCUT2D eigenvalue weighted by atomic mass is 9.83. The number of benzene rings is 3. The highest BCUT2D eigenvalue weighted by Crippen LogP contribution is 2.44. The minimum Gasteiger partial charge on any atom is -0.508 e. The predicted octanol–water partition coefficient (Wildman–Crippen LogP) is 3.38. The number of phenolic OH excluding ortho intramolecular Hbond substituents is 1. The second kappa shape index (κ2) is 8.90. The fraction of sp³-hybridized carbons (Fsp3) is 0.321. The quantitative estimate of drug-likeness (QED) is 0.391. The van der Waals surface area contributed by atoms with Crippen LogP contribution >= 0.6 is 0 Å². The summed E-state index contributed by atoms with van der Waals surface area (Å²) in [5, 5.41) is 24.4. The first-order valence-corrected chi connectivity index (χ1v) is 11.8. The number of anilines is 1. The number of phenols is 1. The lowest BCUT2D eigenvalue weighted by Crippen LogP contribution is -2.72. The number of hydrogen-bond donors (Lipinski definition) is 4. The van der Waals surface area contributed by atoms with Crippen LogP contribution in [0.1, 0.15) is 29.8 Å². The molecule has 3 aliphatic heterocycles. The van der Waals surface area contributed by atoms with Crippen molar-refractivity contribution in [2.24, 2.45) is 5.41 Å². The first-order chi connectivity index (χ1) is 17.1. The van der Waals surface area contributed by atoms with E-state index in [1.807, 2.05) is 43.3 Å². The highest BCUT2D eigenvalue weighted by molar-refractivity contribution is 5.95. The van der Waals surface area contributed by atoms with Gasteiger partial charge in [-0.05, 0) is 60.0 Å². The van der Waals surface area contributed by atoms with Gasteiger partial charge in [-0.2, -0.15) is 0 Å². The van der Waals surface area contributed by atoms with Crippen molar-refractivity contribution in [3.05, 3.63) is 83.9 Å². The van der Waals surface area contributed by atoms with Crippen LogP contribution in [-0.4, -0.2) is 48.0 Å². The Hall–Kier alpha value is -3.43. The second-order valence-electron chi connectivity index (χ2n) is 10.1. The van der Waals surface area contributed by atoms with Gasteiger partial charge in [0.15, 0.2) is 0 Å². The molecule has 3 aliphatic rings. The summed E-state index contributed by atoms with van der Waals surface area (Å²) < 4.78 is 18.0. The van der Waals surface area contributed by atoms with Gasteiger partial charge in [-0.1, -0.05) is 43.3 Å². The Balaban J connectivity index is 1.44. The van der Waals surface area contributed by atoms with Gasteiger partial charge in [-0.15, -0.1) is 0 Å². The number of hydrogen-bond acceptors (Lipinski definition) is 7. The van der Waals surface area contributed by atoms with Crippen LogP contribution in [0.2, 0.25) is 0 Å². The molecule has 2 bridgehead atoms. The van der Waals surface area contributed by atoms with E-state index in [2.05, 4.69) is 5.32 Å². The Morgan fingerprint density at radius 3 is 1.94 bits per heavy atom. The monoisotopic (exact) mass is 490 g/mol. The van der Waals surface area contributed by atoms with E-state index < -0.39 is 23.5 Å². The molecule has 3 heterocycles. The standard InChI is InChI=1S/C28H30N2O6/c1-26-15-34-28(35-16-26,36-17-26)25(27(2,33)21-9-13-23(31)14-10-21)30-24(32)20-5-3-18(4-6-20)19-7-11-22(29)12-8-19/h3-14,25,31,33H,15-17,29H2,1-2H3,(H,30,32)/t25-,26?,27+,28?/m0/s1. The molecule has 0 saturated carbocycles. The Labute approximate surface area is 209 Å². The first kappa shape index (κ1) is 24.3. The molecule has 3 aromatic rings. The molecule has 0 aromatic heterocycles. The molecule has 3 fully saturated rings. The van der Waals surface area contributed by atoms with Crippen LogP contribution in [-0.2, 0) is 19.8 Å². The van der Waals surface area contributed by atoms with Gasteiger partial charge >= 0.3 is 5.97 Å². The van der Waals surface area contributed by atoms with Gasteiger partial charge in [0, 0.05) is 16.7 Å². The van der Waals surface area contributed by atoms with Gasteiger partial charge in [0.05, 0.1) is 19.8 Å². The summed E-state index contributed by atoms with van der Waals surface area (Å²) in [6, 6.07) is 19.6. The summed E-state index contributed by atoms with van der Waals surface area (Å²) in [6.07, 6.45) is 0. The Bertz CT molecular complexity index is 1210. The van der Waals surface area contributed by atoms with Crippen LogP contribution in [0.5, 0.6) is 5.75 Å². The topological polar surface area (TPSA) is 123 Å². The zero-order valence-electron chi connectivity index (χ0n) is 20.2. The van der Waals surface area contributed by atoms with Gasteiger partial charge < -0.3 is 35.5 Å². The van der Waals surface area contributed by atoms with Crippen LogP contribution in [0.3, 0.4) is 0 Å². The van der Waals surface area contributed by atoms with Crippen molar-refractivity contribution in [1.82, 2.24) is 5.32 Å². The summed E-state index contributed by atoms with van der Waals surface area (Å²) in [5.74, 6) is -2.03. The molecule has 3 saturated heterocycles. The lowest BCUT2D eigenvalue weighted by Gasteiger charge is -2.55. The van der Waals surface area contributed by atoms with Gasteiger partial charge in [0.1, 0.15) is 17.4 Å². The molecule has 0 aliphatic carbocycles. The maximum absolute atomic E-state index is 13.4. The highest BCUT2D eigenvalue weighted by Gasteiger charge is 2.60. The molecule has 3 aromatic carbocycles. The van der Waals surface area contributed by atoms with Crippen molar-refractivity contribution in [2.75, 3.05) is 25.6 Å². The third-order valence-electron chi connectivity index (χ3n) is 6.90. The van der Waals surface area contributed by atoms with Crippen molar-refractivity contribution < 1.29 is 29.2 Å². The average molecular weight is 491 g/mol. The van der Waals surface area contributed by atoms with Gasteiger partial charge in [0.25, 0.3) is 5.91 Å². The van der Waals surface area contributed by atoms with Gasteiger partial charge in [0.2, 0.25) is 0 Å². The molecule has 0 unspecified atom stereocenters. The summed E-state index contributed by atoms with van der Waals surface area (Å²) in [4.78, 5) is 13.4. The summed E-state index contributed by atoms with van der Waals surface area (Å²) in [5.41, 5.74) is 7.26. The van der Waals surface area contributed by atoms with Crippen molar-refractivity contribution in [3.8, 4) is 16.9 Å². The molecule has 8 nitrogen and oxygen atoms in total. The van der Waals surface area contributed by atoms with Crippen LogP contribution < -0.4 is 11.1 Å². The second-order valence-corrected chi connectivity index (χ2v) is 10.1. The highest BCUT2D eigenvalue weighted by atomic mass is 16.9. The average Bonchev–Trinajstić information content (AvgIpc) is 2.88. The van der Waals surface area contributed by atoms with E-state index in [1.165, 1.54) is 12.1 Å². The molecule has 6 rings (SSSR count). The molecule has 2 atom stereocenters. The number of aromatic hydroxyl groups is 1. The third-order valence-corrected chi connectivity index (χ3v) is 6.90. The van der Waals surface area contributed by atoms with Crippen molar-refractivity contribution >= 4 is 11.6 Å². The number of fused-ring (bicyclic) bond motifs is 3. The van der Waals surface area contributed by atoms with Crippen LogP contribution in [0.4, 0.5) is 5.69 Å². The maximum atomic E-state index is 13.4. The number of carbonyl (C=O) groups excluding carboxylic acids is 1. The van der Waals surface area contributed by atoms with Crippen LogP contribution in [0, 0.1) is 5.41 Å². The largest absolute Gasteiger partial charge is 0.508 e. The summed E-state index contributed by atoms with van der Waals surface area (Å²) in [7, 11) is 0. The van der Waals surface area contributed by atoms with Gasteiger partial charge in [-0.3, -0.25) is 4.79 Å². The fourth-order valence-electron chi connectivity index (χ4n) is 4.57. The zero-order chi connectivity index (χ0) is 25.6. The molecular weight excluding hydrogens is 460 g/mol. The van der Waals surface area contributed by atoms with E-state index in [9.17, 15) is 15.0 Å². The predicted molar refractivity (Wildman–Crippen MR) is 134 cm³/mol. The molecule has 1 amide bonds. The van der Waals surface area contributed by atoms with E-state index >= 15 is 0 Å². The van der Waals surface area contributed by atoms with Crippen molar-refractivity contribution in [2.45, 2.75) is 31.5 Å². The molecule has 0 radical (unpaired) electrons. The number of nitrogens with two attached hydrogens (primary N) is 1. The maximum Gasteiger partial charge on any atom is 0.307 e. The number of nitrogen functional groups attached to an aromatic ring is 1. The molecule has 8 heteroatoms. The van der Waals surface area contributed by atoms with Crippen LogP contribution in [0.25, 0.3) is 11.1 Å². The Morgan fingerprint density at radius 1 is 0.917 bits per heavy atom. The number of aliphatic hydroxyl groups is 1. The van der Waals surface area contributed by atoms with E-state index in [0.717, 1.165) is 11.1 Å². The van der Waals surface area contributed by atoms with E-state index in [-0.39, 0.29) is 11.2 Å². The fourth-order valence-corrected chi connectivity index (χ4v) is 4.57. The SMILES string of the molecule is CC12COC([C@@H](NC(=O)c3ccc(-c4ccc(N)cc4)cc3)[C@](C)(O)c3ccc(O)cc3)(OC1)OC2. The van der Waals surface area contributed by atoms with E-state index in [1.54, 1.807) is 31.2 Å². The van der Waals surface area contributed by atoms with Crippen LogP contribution in [0.15, 0.2) is 72.8 Å². The molecule has 188 valence electrons. The minimum atomic E-state index is -1.67. The number of rotatable bonds is 6. The Morgan fingerprint density at radius 2 is 1.42 bits per heavy atom. The third kappa shape index (κ3) is 4.44. The first-order valence-electron chi connectivity index (χ1n) is 11.8. The molecular formula is C28H30N2O6. The minimum absolute atomic E-state index is 0.0596. The molecule has 0 spiro atoms. The normalized spacial score (nSPS) is 25.6. The summed E-state index contributed by atoms with van der Waals surface area (Å²) >= 11 is 0.